The van der Waals surface area contributed by atoms with E-state index in [4.69, 9.17) is 4.74 Å². The van der Waals surface area contributed by atoms with Crippen molar-refractivity contribution < 1.29 is 9.84 Å². The van der Waals surface area contributed by atoms with Gasteiger partial charge in [-0.2, -0.15) is 0 Å². The van der Waals surface area contributed by atoms with E-state index in [9.17, 15) is 5.11 Å². The molecule has 100 valence electrons. The van der Waals surface area contributed by atoms with E-state index in [1.807, 2.05) is 36.4 Å². The van der Waals surface area contributed by atoms with Crippen LogP contribution in [0.5, 0.6) is 5.75 Å². The van der Waals surface area contributed by atoms with Crippen molar-refractivity contribution in [1.82, 2.24) is 5.32 Å². The Morgan fingerprint density at radius 2 is 2.17 bits per heavy atom. The highest BCUT2D eigenvalue weighted by molar-refractivity contribution is 5.57. The van der Waals surface area contributed by atoms with Crippen molar-refractivity contribution in [3.05, 3.63) is 35.9 Å². The molecule has 18 heavy (non-hydrogen) atoms. The minimum atomic E-state index is -0.241. The van der Waals surface area contributed by atoms with Gasteiger partial charge in [0.1, 0.15) is 5.75 Å². The summed E-state index contributed by atoms with van der Waals surface area (Å²) in [6.45, 7) is 3.47. The van der Waals surface area contributed by atoms with Crippen LogP contribution in [0.25, 0.3) is 6.08 Å². The lowest BCUT2D eigenvalue weighted by Crippen LogP contribution is -2.26. The Morgan fingerprint density at radius 3 is 2.89 bits per heavy atom. The summed E-state index contributed by atoms with van der Waals surface area (Å²) in [5.74, 6) is 0.875. The van der Waals surface area contributed by atoms with Crippen molar-refractivity contribution in [2.75, 3.05) is 20.2 Å². The highest BCUT2D eigenvalue weighted by Crippen LogP contribution is 2.18. The number of nitrogens with one attached hydrogen (secondary N) is 1. The molecule has 0 aliphatic carbocycles. The molecule has 0 amide bonds. The zero-order chi connectivity index (χ0) is 13.2. The van der Waals surface area contributed by atoms with Crippen LogP contribution in [0.15, 0.2) is 30.3 Å². The SMILES string of the molecule is CCCC(O)CNCC=Cc1ccccc1OC. The van der Waals surface area contributed by atoms with Crippen molar-refractivity contribution >= 4 is 6.08 Å². The van der Waals surface area contributed by atoms with Gasteiger partial charge in [0.2, 0.25) is 0 Å². The first-order valence-corrected chi connectivity index (χ1v) is 6.46. The molecule has 1 aromatic rings. The van der Waals surface area contributed by atoms with Crippen LogP contribution in [0.1, 0.15) is 25.3 Å². The molecule has 0 saturated heterocycles. The Morgan fingerprint density at radius 1 is 1.39 bits per heavy atom. The molecule has 0 radical (unpaired) electrons. The van der Waals surface area contributed by atoms with E-state index in [0.29, 0.717) is 6.54 Å². The fourth-order valence-electron chi connectivity index (χ4n) is 1.76. The molecule has 0 aromatic heterocycles. The summed E-state index contributed by atoms with van der Waals surface area (Å²) in [7, 11) is 1.67. The van der Waals surface area contributed by atoms with E-state index >= 15 is 0 Å². The van der Waals surface area contributed by atoms with Crippen LogP contribution in [0.2, 0.25) is 0 Å². The van der Waals surface area contributed by atoms with Crippen molar-refractivity contribution in [2.24, 2.45) is 0 Å². The molecule has 0 spiro atoms. The fourth-order valence-corrected chi connectivity index (χ4v) is 1.76. The van der Waals surface area contributed by atoms with Crippen molar-refractivity contribution in [2.45, 2.75) is 25.9 Å². The quantitative estimate of drug-likeness (QED) is 0.695. The predicted molar refractivity (Wildman–Crippen MR) is 75.8 cm³/mol. The lowest BCUT2D eigenvalue weighted by Gasteiger charge is -2.08. The van der Waals surface area contributed by atoms with Gasteiger partial charge in [0.25, 0.3) is 0 Å². The minimum Gasteiger partial charge on any atom is -0.496 e. The predicted octanol–water partition coefficient (Wildman–Crippen LogP) is 2.46. The lowest BCUT2D eigenvalue weighted by atomic mass is 10.2. The van der Waals surface area contributed by atoms with E-state index in [1.54, 1.807) is 7.11 Å². The van der Waals surface area contributed by atoms with Crippen LogP contribution in [0.3, 0.4) is 0 Å². The highest BCUT2D eigenvalue weighted by atomic mass is 16.5. The second-order valence-corrected chi connectivity index (χ2v) is 4.25. The van der Waals surface area contributed by atoms with E-state index < -0.39 is 0 Å². The fraction of sp³-hybridized carbons (Fsp3) is 0.467. The monoisotopic (exact) mass is 249 g/mol. The van der Waals surface area contributed by atoms with Crippen LogP contribution >= 0.6 is 0 Å². The molecule has 1 unspecified atom stereocenters. The average Bonchev–Trinajstić information content (AvgIpc) is 2.39. The van der Waals surface area contributed by atoms with Crippen LogP contribution in [0, 0.1) is 0 Å². The third-order valence-electron chi connectivity index (χ3n) is 2.70. The average molecular weight is 249 g/mol. The van der Waals surface area contributed by atoms with Gasteiger partial charge in [-0.05, 0) is 12.5 Å². The molecule has 1 rings (SSSR count). The Balaban J connectivity index is 2.32. The van der Waals surface area contributed by atoms with Gasteiger partial charge in [0, 0.05) is 18.7 Å². The topological polar surface area (TPSA) is 41.5 Å². The second-order valence-electron chi connectivity index (χ2n) is 4.25. The van der Waals surface area contributed by atoms with Gasteiger partial charge in [-0.3, -0.25) is 0 Å². The van der Waals surface area contributed by atoms with Crippen molar-refractivity contribution in [1.29, 1.82) is 0 Å². The van der Waals surface area contributed by atoms with E-state index in [1.165, 1.54) is 0 Å². The third kappa shape index (κ3) is 5.34. The van der Waals surface area contributed by atoms with Gasteiger partial charge >= 0.3 is 0 Å². The molecular formula is C15H23NO2. The van der Waals surface area contributed by atoms with Crippen LogP contribution in [-0.2, 0) is 0 Å². The zero-order valence-electron chi connectivity index (χ0n) is 11.2. The summed E-state index contributed by atoms with van der Waals surface area (Å²) in [5.41, 5.74) is 1.07. The number of rotatable bonds is 8. The minimum absolute atomic E-state index is 0.241. The maximum Gasteiger partial charge on any atom is 0.126 e. The van der Waals surface area contributed by atoms with Gasteiger partial charge in [0.05, 0.1) is 13.2 Å². The molecular weight excluding hydrogens is 226 g/mol. The Bertz CT molecular complexity index is 363. The third-order valence-corrected chi connectivity index (χ3v) is 2.70. The van der Waals surface area contributed by atoms with E-state index in [2.05, 4.69) is 12.2 Å². The number of hydrogen-bond donors (Lipinski definition) is 2. The summed E-state index contributed by atoms with van der Waals surface area (Å²) >= 11 is 0. The maximum atomic E-state index is 9.54. The summed E-state index contributed by atoms with van der Waals surface area (Å²) < 4.78 is 5.26. The smallest absolute Gasteiger partial charge is 0.126 e. The molecule has 0 aliphatic rings. The molecule has 2 N–H and O–H groups in total. The summed E-state index contributed by atoms with van der Waals surface area (Å²) in [6, 6.07) is 7.90. The van der Waals surface area contributed by atoms with Crippen LogP contribution < -0.4 is 10.1 Å². The van der Waals surface area contributed by atoms with E-state index in [-0.39, 0.29) is 6.10 Å². The van der Waals surface area contributed by atoms with Gasteiger partial charge < -0.3 is 15.2 Å². The summed E-state index contributed by atoms with van der Waals surface area (Å²) in [4.78, 5) is 0. The number of hydrogen-bond acceptors (Lipinski definition) is 3. The van der Waals surface area contributed by atoms with Crippen molar-refractivity contribution in [3.8, 4) is 5.75 Å². The first-order valence-electron chi connectivity index (χ1n) is 6.46. The lowest BCUT2D eigenvalue weighted by molar-refractivity contribution is 0.162. The summed E-state index contributed by atoms with van der Waals surface area (Å²) in [5, 5.41) is 12.7. The normalized spacial score (nSPS) is 12.8. The summed E-state index contributed by atoms with van der Waals surface area (Å²) in [6.07, 6.45) is 5.69. The first kappa shape index (κ1) is 14.7. The van der Waals surface area contributed by atoms with Crippen LogP contribution in [-0.4, -0.2) is 31.4 Å². The first-order chi connectivity index (χ1) is 8.77. The molecule has 0 bridgehead atoms. The van der Waals surface area contributed by atoms with Gasteiger partial charge in [-0.1, -0.05) is 43.7 Å². The Hall–Kier alpha value is -1.32. The van der Waals surface area contributed by atoms with Gasteiger partial charge in [-0.15, -0.1) is 0 Å². The highest BCUT2D eigenvalue weighted by Gasteiger charge is 2.00. The Kier molecular flexibility index (Phi) is 7.14. The molecule has 1 aromatic carbocycles. The largest absolute Gasteiger partial charge is 0.496 e. The molecule has 3 heteroatoms. The molecule has 0 fully saturated rings. The van der Waals surface area contributed by atoms with Crippen molar-refractivity contribution in [3.63, 3.8) is 0 Å². The Labute approximate surface area is 109 Å². The van der Waals surface area contributed by atoms with Crippen LogP contribution in [0.4, 0.5) is 0 Å². The number of aliphatic hydroxyl groups excluding tert-OH is 1. The number of para-hydroxylation sites is 1. The second kappa shape index (κ2) is 8.72. The number of ether oxygens (including phenoxy) is 1. The number of benzene rings is 1. The van der Waals surface area contributed by atoms with Gasteiger partial charge in [0.15, 0.2) is 0 Å². The van der Waals surface area contributed by atoms with Gasteiger partial charge in [-0.25, -0.2) is 0 Å². The number of methoxy groups -OCH3 is 1. The maximum absolute atomic E-state index is 9.54. The molecule has 0 aliphatic heterocycles. The molecule has 3 nitrogen and oxygen atoms in total. The standard InChI is InChI=1S/C15H23NO2/c1-3-7-14(17)12-16-11-6-9-13-8-4-5-10-15(13)18-2/h4-6,8-10,14,16-17H,3,7,11-12H2,1-2H3. The molecule has 0 saturated carbocycles. The molecule has 1 atom stereocenters. The number of aliphatic hydroxyl groups is 1. The van der Waals surface area contributed by atoms with E-state index in [0.717, 1.165) is 30.7 Å². The molecule has 0 heterocycles. The zero-order valence-corrected chi connectivity index (χ0v) is 11.2.